The molecular weight excluding hydrogens is 412 g/mol. The lowest BCUT2D eigenvalue weighted by Gasteiger charge is -2.20. The van der Waals surface area contributed by atoms with Crippen molar-refractivity contribution in [3.05, 3.63) is 53.6 Å². The molecule has 29 heavy (non-hydrogen) atoms. The van der Waals surface area contributed by atoms with Gasteiger partial charge in [0.05, 0.1) is 9.79 Å². The SMILES string of the molecule is Cc1cc(S(=O)(=O)NC(C)c2ccc(S(C)(=O)=O)cc2)ccc1N1CCCC1=O. The molecule has 1 amide bonds. The third-order valence-electron chi connectivity index (χ3n) is 4.98. The Labute approximate surface area is 171 Å². The lowest BCUT2D eigenvalue weighted by molar-refractivity contribution is -0.117. The summed E-state index contributed by atoms with van der Waals surface area (Å²) < 4.78 is 51.4. The highest BCUT2D eigenvalue weighted by molar-refractivity contribution is 7.90. The average Bonchev–Trinajstić information content (AvgIpc) is 3.06. The highest BCUT2D eigenvalue weighted by Gasteiger charge is 2.25. The van der Waals surface area contributed by atoms with Crippen LogP contribution in [0.2, 0.25) is 0 Å². The molecule has 0 spiro atoms. The van der Waals surface area contributed by atoms with Crippen molar-refractivity contribution in [1.29, 1.82) is 0 Å². The van der Waals surface area contributed by atoms with E-state index in [0.29, 0.717) is 24.1 Å². The standard InChI is InChI=1S/C20H24N2O5S2/c1-14-13-18(10-11-19(14)22-12-4-5-20(22)23)29(26,27)21-15(2)16-6-8-17(9-7-16)28(3,24)25/h6-11,13,15,21H,4-5,12H2,1-3H3. The van der Waals surface area contributed by atoms with E-state index in [2.05, 4.69) is 4.72 Å². The van der Waals surface area contributed by atoms with Gasteiger partial charge in [-0.25, -0.2) is 21.6 Å². The predicted octanol–water partition coefficient (Wildman–Crippen LogP) is 2.56. The quantitative estimate of drug-likeness (QED) is 0.750. The molecule has 1 saturated heterocycles. The van der Waals surface area contributed by atoms with Gasteiger partial charge in [0, 0.05) is 31.0 Å². The minimum Gasteiger partial charge on any atom is -0.312 e. The molecule has 3 rings (SSSR count). The zero-order valence-corrected chi connectivity index (χ0v) is 18.2. The molecule has 2 aromatic carbocycles. The first-order valence-corrected chi connectivity index (χ1v) is 12.6. The van der Waals surface area contributed by atoms with Crippen LogP contribution in [0.4, 0.5) is 5.69 Å². The number of rotatable bonds is 6. The Morgan fingerprint density at radius 3 is 2.14 bits per heavy atom. The van der Waals surface area contributed by atoms with Crippen molar-refractivity contribution in [1.82, 2.24) is 4.72 Å². The fraction of sp³-hybridized carbons (Fsp3) is 0.350. The maximum Gasteiger partial charge on any atom is 0.241 e. The number of nitrogens with one attached hydrogen (secondary N) is 1. The maximum atomic E-state index is 12.8. The second-order valence-corrected chi connectivity index (χ2v) is 11.0. The summed E-state index contributed by atoms with van der Waals surface area (Å²) in [5, 5.41) is 0. The topological polar surface area (TPSA) is 101 Å². The molecule has 2 aromatic rings. The van der Waals surface area contributed by atoms with Crippen molar-refractivity contribution >= 4 is 31.5 Å². The van der Waals surface area contributed by atoms with Crippen molar-refractivity contribution in [2.75, 3.05) is 17.7 Å². The molecule has 156 valence electrons. The normalized spacial score (nSPS) is 16.2. The minimum atomic E-state index is -3.79. The Morgan fingerprint density at radius 2 is 1.62 bits per heavy atom. The molecule has 1 fully saturated rings. The maximum absolute atomic E-state index is 12.8. The van der Waals surface area contributed by atoms with Gasteiger partial charge >= 0.3 is 0 Å². The van der Waals surface area contributed by atoms with Crippen LogP contribution < -0.4 is 9.62 Å². The Hall–Kier alpha value is -2.23. The first-order valence-electron chi connectivity index (χ1n) is 9.22. The summed E-state index contributed by atoms with van der Waals surface area (Å²) in [7, 11) is -7.10. The number of amides is 1. The highest BCUT2D eigenvalue weighted by atomic mass is 32.2. The summed E-state index contributed by atoms with van der Waals surface area (Å²) >= 11 is 0. The molecule has 0 bridgehead atoms. The van der Waals surface area contributed by atoms with Crippen LogP contribution in [0, 0.1) is 6.92 Å². The molecule has 0 aliphatic carbocycles. The van der Waals surface area contributed by atoms with Gasteiger partial charge in [0.15, 0.2) is 9.84 Å². The fourth-order valence-electron chi connectivity index (χ4n) is 3.37. The van der Waals surface area contributed by atoms with Crippen LogP contribution in [-0.2, 0) is 24.7 Å². The van der Waals surface area contributed by atoms with Gasteiger partial charge in [-0.3, -0.25) is 4.79 Å². The second-order valence-electron chi connectivity index (χ2n) is 7.28. The first-order chi connectivity index (χ1) is 13.5. The Bertz CT molecular complexity index is 1140. The molecule has 1 aliphatic rings. The Kier molecular flexibility index (Phi) is 5.84. The molecule has 1 unspecified atom stereocenters. The average molecular weight is 437 g/mol. The summed E-state index contributed by atoms with van der Waals surface area (Å²) in [5.41, 5.74) is 2.10. The van der Waals surface area contributed by atoms with Crippen LogP contribution in [-0.4, -0.2) is 35.5 Å². The van der Waals surface area contributed by atoms with Gasteiger partial charge in [-0.05, 0) is 61.7 Å². The molecule has 1 aliphatic heterocycles. The molecule has 1 atom stereocenters. The van der Waals surface area contributed by atoms with Gasteiger partial charge in [-0.1, -0.05) is 12.1 Å². The van der Waals surface area contributed by atoms with Crippen LogP contribution in [0.3, 0.4) is 0 Å². The number of carbonyl (C=O) groups excluding carboxylic acids is 1. The summed E-state index contributed by atoms with van der Waals surface area (Å²) in [6, 6.07) is 10.3. The molecule has 7 nitrogen and oxygen atoms in total. The van der Waals surface area contributed by atoms with Gasteiger partial charge in [0.2, 0.25) is 15.9 Å². The molecule has 1 heterocycles. The van der Waals surface area contributed by atoms with Gasteiger partial charge in [-0.15, -0.1) is 0 Å². The van der Waals surface area contributed by atoms with E-state index in [0.717, 1.165) is 18.4 Å². The second kappa shape index (κ2) is 7.89. The lowest BCUT2D eigenvalue weighted by Crippen LogP contribution is -2.28. The number of benzene rings is 2. The zero-order chi connectivity index (χ0) is 21.4. The van der Waals surface area contributed by atoms with Gasteiger partial charge in [0.25, 0.3) is 0 Å². The minimum absolute atomic E-state index is 0.0491. The van der Waals surface area contributed by atoms with Gasteiger partial charge < -0.3 is 4.90 Å². The summed E-state index contributed by atoms with van der Waals surface area (Å²) in [6.07, 6.45) is 2.43. The van der Waals surface area contributed by atoms with Gasteiger partial charge in [0.1, 0.15) is 0 Å². The summed E-state index contributed by atoms with van der Waals surface area (Å²) in [5.74, 6) is 0.0491. The number of nitrogens with zero attached hydrogens (tertiary/aromatic N) is 1. The number of hydrogen-bond acceptors (Lipinski definition) is 5. The van der Waals surface area contributed by atoms with Gasteiger partial charge in [-0.2, -0.15) is 0 Å². The Balaban J connectivity index is 1.80. The van der Waals surface area contributed by atoms with E-state index < -0.39 is 25.9 Å². The van der Waals surface area contributed by atoms with E-state index in [1.54, 1.807) is 43.0 Å². The molecular formula is C20H24N2O5S2. The number of sulfonamides is 1. The predicted molar refractivity (Wildman–Crippen MR) is 111 cm³/mol. The first kappa shape index (κ1) is 21.5. The van der Waals surface area contributed by atoms with E-state index in [4.69, 9.17) is 0 Å². The van der Waals surface area contributed by atoms with Crippen LogP contribution in [0.5, 0.6) is 0 Å². The third kappa shape index (κ3) is 4.68. The van der Waals surface area contributed by atoms with Crippen LogP contribution in [0.15, 0.2) is 52.3 Å². The third-order valence-corrected chi connectivity index (χ3v) is 7.65. The zero-order valence-electron chi connectivity index (χ0n) is 16.5. The van der Waals surface area contributed by atoms with E-state index in [1.165, 1.54) is 18.2 Å². The number of anilines is 1. The number of carbonyl (C=O) groups is 1. The smallest absolute Gasteiger partial charge is 0.241 e. The van der Waals surface area contributed by atoms with E-state index in [9.17, 15) is 21.6 Å². The van der Waals surface area contributed by atoms with Crippen molar-refractivity contribution in [3.8, 4) is 0 Å². The Morgan fingerprint density at radius 1 is 1.00 bits per heavy atom. The van der Waals surface area contributed by atoms with Crippen molar-refractivity contribution < 1.29 is 21.6 Å². The molecule has 0 aromatic heterocycles. The van der Waals surface area contributed by atoms with E-state index in [1.807, 2.05) is 0 Å². The summed E-state index contributed by atoms with van der Waals surface area (Å²) in [4.78, 5) is 13.9. The number of sulfone groups is 1. The molecule has 9 heteroatoms. The number of hydrogen-bond donors (Lipinski definition) is 1. The van der Waals surface area contributed by atoms with Crippen molar-refractivity contribution in [2.45, 2.75) is 42.5 Å². The molecule has 0 saturated carbocycles. The van der Waals surface area contributed by atoms with Crippen molar-refractivity contribution in [3.63, 3.8) is 0 Å². The largest absolute Gasteiger partial charge is 0.312 e. The monoisotopic (exact) mass is 436 g/mol. The lowest BCUT2D eigenvalue weighted by atomic mass is 10.1. The van der Waals surface area contributed by atoms with Crippen LogP contribution in [0.25, 0.3) is 0 Å². The molecule has 0 radical (unpaired) electrons. The summed E-state index contributed by atoms with van der Waals surface area (Å²) in [6.45, 7) is 4.12. The van der Waals surface area contributed by atoms with E-state index in [-0.39, 0.29) is 15.7 Å². The molecule has 1 N–H and O–H groups in total. The number of aryl methyl sites for hydroxylation is 1. The van der Waals surface area contributed by atoms with Crippen LogP contribution >= 0.6 is 0 Å². The highest BCUT2D eigenvalue weighted by Crippen LogP contribution is 2.28. The fourth-order valence-corrected chi connectivity index (χ4v) is 5.32. The van der Waals surface area contributed by atoms with Crippen molar-refractivity contribution in [2.24, 2.45) is 0 Å². The van der Waals surface area contributed by atoms with Crippen LogP contribution in [0.1, 0.15) is 36.9 Å². The van der Waals surface area contributed by atoms with E-state index >= 15 is 0 Å².